The highest BCUT2D eigenvalue weighted by Crippen LogP contribution is 2.34. The molecule has 1 aliphatic rings. The summed E-state index contributed by atoms with van der Waals surface area (Å²) in [5, 5.41) is 18.3. The molecule has 2 N–H and O–H groups in total. The Labute approximate surface area is 115 Å². The Morgan fingerprint density at radius 2 is 1.85 bits per heavy atom. The van der Waals surface area contributed by atoms with Gasteiger partial charge in [-0.05, 0) is 25.0 Å². The Balaban J connectivity index is 2.38. The van der Waals surface area contributed by atoms with E-state index >= 15 is 0 Å². The van der Waals surface area contributed by atoms with Crippen LogP contribution in [0.2, 0.25) is 0 Å². The van der Waals surface area contributed by atoms with Gasteiger partial charge in [0.25, 0.3) is 11.7 Å². The number of carbonyl (C=O) groups excluding carboxylic acids is 2. The standard InChI is InChI=1S/C14H15NO5/c1-7-3-4-8(2)12-11(7)13(19)14(20)15(12)6-9(16)5-10(17)18/h3-4,9,16H,5-6H2,1-2H3,(H,17,18). The van der Waals surface area contributed by atoms with E-state index in [-0.39, 0.29) is 6.54 Å². The molecule has 0 aromatic heterocycles. The van der Waals surface area contributed by atoms with Gasteiger partial charge in [0, 0.05) is 0 Å². The van der Waals surface area contributed by atoms with Crippen LogP contribution in [0.5, 0.6) is 0 Å². The zero-order chi connectivity index (χ0) is 15.0. The lowest BCUT2D eigenvalue weighted by Crippen LogP contribution is -2.37. The Bertz CT molecular complexity index is 608. The molecule has 0 bridgehead atoms. The molecular weight excluding hydrogens is 262 g/mol. The van der Waals surface area contributed by atoms with Gasteiger partial charge in [-0.15, -0.1) is 0 Å². The number of amides is 1. The average Bonchev–Trinajstić information content (AvgIpc) is 2.59. The van der Waals surface area contributed by atoms with Crippen LogP contribution in [0.3, 0.4) is 0 Å². The fourth-order valence-corrected chi connectivity index (χ4v) is 2.41. The SMILES string of the molecule is Cc1ccc(C)c2c1C(=O)C(=O)N2CC(O)CC(=O)O. The normalized spacial score (nSPS) is 15.4. The van der Waals surface area contributed by atoms with Crippen molar-refractivity contribution in [2.45, 2.75) is 26.4 Å². The Morgan fingerprint density at radius 1 is 1.25 bits per heavy atom. The summed E-state index contributed by atoms with van der Waals surface area (Å²) in [7, 11) is 0. The number of aliphatic carboxylic acids is 1. The molecule has 20 heavy (non-hydrogen) atoms. The minimum absolute atomic E-state index is 0.200. The fraction of sp³-hybridized carbons (Fsp3) is 0.357. The number of hydrogen-bond donors (Lipinski definition) is 2. The number of carboxylic acid groups (broad SMARTS) is 1. The molecule has 0 saturated heterocycles. The lowest BCUT2D eigenvalue weighted by Gasteiger charge is -2.21. The number of anilines is 1. The van der Waals surface area contributed by atoms with Crippen LogP contribution in [-0.4, -0.2) is 40.5 Å². The fourth-order valence-electron chi connectivity index (χ4n) is 2.41. The molecule has 0 aliphatic carbocycles. The van der Waals surface area contributed by atoms with E-state index in [2.05, 4.69) is 0 Å². The molecule has 0 spiro atoms. The van der Waals surface area contributed by atoms with Gasteiger partial charge in [0.05, 0.1) is 30.3 Å². The summed E-state index contributed by atoms with van der Waals surface area (Å²) in [6.07, 6.45) is -1.69. The number of fused-ring (bicyclic) bond motifs is 1. The van der Waals surface area contributed by atoms with Crippen LogP contribution in [-0.2, 0) is 9.59 Å². The van der Waals surface area contributed by atoms with E-state index in [1.54, 1.807) is 26.0 Å². The average molecular weight is 277 g/mol. The maximum atomic E-state index is 12.0. The topological polar surface area (TPSA) is 94.9 Å². The summed E-state index contributed by atoms with van der Waals surface area (Å²) in [6.45, 7) is 3.30. The molecule has 1 amide bonds. The first-order valence-corrected chi connectivity index (χ1v) is 6.19. The molecule has 6 heteroatoms. The molecule has 6 nitrogen and oxygen atoms in total. The van der Waals surface area contributed by atoms with Crippen molar-refractivity contribution in [3.8, 4) is 0 Å². The molecule has 0 saturated carbocycles. The van der Waals surface area contributed by atoms with Gasteiger partial charge in [-0.2, -0.15) is 0 Å². The Kier molecular flexibility index (Phi) is 3.59. The van der Waals surface area contributed by atoms with Crippen molar-refractivity contribution in [3.05, 3.63) is 28.8 Å². The summed E-state index contributed by atoms with van der Waals surface area (Å²) >= 11 is 0. The van der Waals surface area contributed by atoms with Crippen molar-refractivity contribution in [1.82, 2.24) is 0 Å². The van der Waals surface area contributed by atoms with Gasteiger partial charge in [0.1, 0.15) is 0 Å². The van der Waals surface area contributed by atoms with E-state index in [0.29, 0.717) is 16.8 Å². The first kappa shape index (κ1) is 14.2. The van der Waals surface area contributed by atoms with E-state index in [4.69, 9.17) is 5.11 Å². The predicted octanol–water partition coefficient (Wildman–Crippen LogP) is 0.668. The van der Waals surface area contributed by atoms with Crippen molar-refractivity contribution in [2.24, 2.45) is 0 Å². The number of hydrogen-bond acceptors (Lipinski definition) is 4. The van der Waals surface area contributed by atoms with Crippen molar-refractivity contribution in [2.75, 3.05) is 11.4 Å². The van der Waals surface area contributed by atoms with Gasteiger partial charge >= 0.3 is 5.97 Å². The highest BCUT2D eigenvalue weighted by atomic mass is 16.4. The number of aliphatic hydroxyl groups excluding tert-OH is 1. The van der Waals surface area contributed by atoms with Gasteiger partial charge in [0.15, 0.2) is 0 Å². The first-order chi connectivity index (χ1) is 9.32. The second-order valence-electron chi connectivity index (χ2n) is 4.92. The van der Waals surface area contributed by atoms with E-state index in [0.717, 1.165) is 5.56 Å². The predicted molar refractivity (Wildman–Crippen MR) is 70.9 cm³/mol. The summed E-state index contributed by atoms with van der Waals surface area (Å²) in [6, 6.07) is 3.55. The Hall–Kier alpha value is -2.21. The van der Waals surface area contributed by atoms with Crippen molar-refractivity contribution >= 4 is 23.3 Å². The van der Waals surface area contributed by atoms with E-state index in [1.165, 1.54) is 4.90 Å². The van der Waals surface area contributed by atoms with Crippen LogP contribution in [0.25, 0.3) is 0 Å². The Morgan fingerprint density at radius 3 is 2.45 bits per heavy atom. The number of Topliss-reactive ketones (excluding diaryl/α,β-unsaturated/α-hetero) is 1. The molecule has 2 rings (SSSR count). The van der Waals surface area contributed by atoms with Crippen LogP contribution < -0.4 is 4.90 Å². The molecule has 1 aromatic carbocycles. The number of carbonyl (C=O) groups is 3. The lowest BCUT2D eigenvalue weighted by molar-refractivity contribution is -0.139. The number of aliphatic hydroxyl groups is 1. The number of rotatable bonds is 4. The highest BCUT2D eigenvalue weighted by Gasteiger charge is 2.39. The van der Waals surface area contributed by atoms with Gasteiger partial charge in [-0.3, -0.25) is 14.4 Å². The minimum Gasteiger partial charge on any atom is -0.481 e. The number of benzene rings is 1. The number of carboxylic acids is 1. The monoisotopic (exact) mass is 277 g/mol. The number of ketones is 1. The number of aryl methyl sites for hydroxylation is 2. The largest absolute Gasteiger partial charge is 0.481 e. The number of β-amino-alcohol motifs (C(OH)–C–C–N with tert-alkyl or cyclic N) is 1. The number of nitrogens with zero attached hydrogens (tertiary/aromatic N) is 1. The van der Waals surface area contributed by atoms with Crippen LogP contribution in [0.1, 0.15) is 27.9 Å². The van der Waals surface area contributed by atoms with Gasteiger partial charge in [0.2, 0.25) is 0 Å². The molecule has 1 unspecified atom stereocenters. The first-order valence-electron chi connectivity index (χ1n) is 6.19. The van der Waals surface area contributed by atoms with Gasteiger partial charge < -0.3 is 15.1 Å². The van der Waals surface area contributed by atoms with E-state index in [9.17, 15) is 19.5 Å². The molecule has 106 valence electrons. The third kappa shape index (κ3) is 2.30. The zero-order valence-electron chi connectivity index (χ0n) is 11.2. The molecule has 1 heterocycles. The van der Waals surface area contributed by atoms with Crippen molar-refractivity contribution < 1.29 is 24.6 Å². The quantitative estimate of drug-likeness (QED) is 0.789. The van der Waals surface area contributed by atoms with Crippen LogP contribution >= 0.6 is 0 Å². The van der Waals surface area contributed by atoms with Crippen LogP contribution in [0, 0.1) is 13.8 Å². The lowest BCUT2D eigenvalue weighted by atomic mass is 10.0. The second kappa shape index (κ2) is 5.05. The molecule has 0 fully saturated rings. The third-order valence-electron chi connectivity index (χ3n) is 3.33. The summed E-state index contributed by atoms with van der Waals surface area (Å²) < 4.78 is 0. The van der Waals surface area contributed by atoms with E-state index < -0.39 is 30.2 Å². The third-order valence-corrected chi connectivity index (χ3v) is 3.33. The maximum absolute atomic E-state index is 12.0. The maximum Gasteiger partial charge on any atom is 0.306 e. The molecule has 1 aromatic rings. The molecule has 1 atom stereocenters. The molecular formula is C14H15NO5. The van der Waals surface area contributed by atoms with Crippen molar-refractivity contribution in [1.29, 1.82) is 0 Å². The van der Waals surface area contributed by atoms with Crippen LogP contribution in [0.4, 0.5) is 5.69 Å². The molecule has 1 aliphatic heterocycles. The minimum atomic E-state index is -1.21. The van der Waals surface area contributed by atoms with Crippen LogP contribution in [0.15, 0.2) is 12.1 Å². The van der Waals surface area contributed by atoms with Gasteiger partial charge in [-0.1, -0.05) is 12.1 Å². The highest BCUT2D eigenvalue weighted by molar-refractivity contribution is 6.52. The smallest absolute Gasteiger partial charge is 0.306 e. The second-order valence-corrected chi connectivity index (χ2v) is 4.92. The van der Waals surface area contributed by atoms with Crippen molar-refractivity contribution in [3.63, 3.8) is 0 Å². The summed E-state index contributed by atoms with van der Waals surface area (Å²) in [5.74, 6) is -2.48. The zero-order valence-corrected chi connectivity index (χ0v) is 11.2. The van der Waals surface area contributed by atoms with E-state index in [1.807, 2.05) is 0 Å². The summed E-state index contributed by atoms with van der Waals surface area (Å²) in [5.41, 5.74) is 2.26. The summed E-state index contributed by atoms with van der Waals surface area (Å²) in [4.78, 5) is 35.7. The molecule has 0 radical (unpaired) electrons. The van der Waals surface area contributed by atoms with Gasteiger partial charge in [-0.25, -0.2) is 0 Å².